The molecule has 2 heterocycles. The molecule has 0 saturated carbocycles. The zero-order valence-corrected chi connectivity index (χ0v) is 11.9. The average Bonchev–Trinajstić information content (AvgIpc) is 2.48. The number of nitrogens with two attached hydrogens (primary N) is 1. The zero-order chi connectivity index (χ0) is 15.9. The molecule has 0 aliphatic carbocycles. The van der Waals surface area contributed by atoms with E-state index in [2.05, 4.69) is 15.3 Å². The molecule has 2 aromatic heterocycles. The first-order chi connectivity index (χ1) is 10.6. The van der Waals surface area contributed by atoms with Crippen molar-refractivity contribution in [2.24, 2.45) is 5.73 Å². The van der Waals surface area contributed by atoms with Crippen molar-refractivity contribution in [1.29, 1.82) is 0 Å². The third kappa shape index (κ3) is 4.13. The lowest BCUT2D eigenvalue weighted by Gasteiger charge is -2.10. The van der Waals surface area contributed by atoms with Crippen LogP contribution in [0.25, 0.3) is 0 Å². The maximum atomic E-state index is 13.2. The van der Waals surface area contributed by atoms with Crippen molar-refractivity contribution in [2.75, 3.05) is 25.6 Å². The van der Waals surface area contributed by atoms with Crippen molar-refractivity contribution < 1.29 is 18.7 Å². The molecular weight excluding hydrogens is 291 g/mol. The van der Waals surface area contributed by atoms with Crippen LogP contribution in [0.5, 0.6) is 5.88 Å². The first-order valence-corrected chi connectivity index (χ1v) is 6.41. The van der Waals surface area contributed by atoms with E-state index in [0.717, 1.165) is 6.07 Å². The number of anilines is 2. The standard InChI is InChI=1S/C14H15FN4O3/c1-21-6-7-22-12-8-9(4-5-17-12)18-14-10(13(16)20)2-3-11(15)19-14/h2-5,8H,6-7H2,1H3,(H2,16,20)(H,17,18,19). The van der Waals surface area contributed by atoms with E-state index in [-0.39, 0.29) is 11.4 Å². The number of carbonyl (C=O) groups excluding carboxylic acids is 1. The first kappa shape index (κ1) is 15.6. The Morgan fingerprint density at radius 2 is 2.18 bits per heavy atom. The third-order valence-corrected chi connectivity index (χ3v) is 2.66. The molecule has 0 atom stereocenters. The second-order valence-corrected chi connectivity index (χ2v) is 4.24. The number of nitrogens with zero attached hydrogens (tertiary/aromatic N) is 2. The summed E-state index contributed by atoms with van der Waals surface area (Å²) in [7, 11) is 1.57. The molecule has 0 fully saturated rings. The summed E-state index contributed by atoms with van der Waals surface area (Å²) >= 11 is 0. The van der Waals surface area contributed by atoms with Gasteiger partial charge in [0.15, 0.2) is 0 Å². The Hall–Kier alpha value is -2.74. The predicted octanol–water partition coefficient (Wildman–Crippen LogP) is 1.48. The largest absolute Gasteiger partial charge is 0.475 e. The molecule has 0 aliphatic heterocycles. The van der Waals surface area contributed by atoms with Crippen LogP contribution in [0.4, 0.5) is 15.9 Å². The Balaban J connectivity index is 2.18. The minimum absolute atomic E-state index is 0.0292. The summed E-state index contributed by atoms with van der Waals surface area (Å²) in [5.74, 6) is -1.04. The number of rotatable bonds is 7. The maximum Gasteiger partial charge on any atom is 0.252 e. The van der Waals surface area contributed by atoms with Crippen molar-refractivity contribution in [3.8, 4) is 5.88 Å². The molecule has 7 nitrogen and oxygen atoms in total. The number of aromatic nitrogens is 2. The Kier molecular flexibility index (Phi) is 5.21. The van der Waals surface area contributed by atoms with Gasteiger partial charge in [0.05, 0.1) is 12.2 Å². The van der Waals surface area contributed by atoms with Gasteiger partial charge in [-0.15, -0.1) is 0 Å². The molecule has 3 N–H and O–H groups in total. The number of carbonyl (C=O) groups is 1. The Morgan fingerprint density at radius 3 is 2.91 bits per heavy atom. The molecule has 0 aliphatic rings. The number of halogens is 1. The molecule has 0 bridgehead atoms. The topological polar surface area (TPSA) is 99.4 Å². The van der Waals surface area contributed by atoms with Crippen LogP contribution in [0.15, 0.2) is 30.5 Å². The molecule has 1 amide bonds. The van der Waals surface area contributed by atoms with Crippen LogP contribution in [0, 0.1) is 5.95 Å². The number of pyridine rings is 2. The van der Waals surface area contributed by atoms with Gasteiger partial charge in [-0.3, -0.25) is 4.79 Å². The molecule has 0 unspecified atom stereocenters. The summed E-state index contributed by atoms with van der Waals surface area (Å²) < 4.78 is 23.5. The van der Waals surface area contributed by atoms with Crippen molar-refractivity contribution in [2.45, 2.75) is 0 Å². The Bertz CT molecular complexity index is 666. The molecule has 8 heteroatoms. The second kappa shape index (κ2) is 7.32. The summed E-state index contributed by atoms with van der Waals surface area (Å²) in [6, 6.07) is 5.55. The van der Waals surface area contributed by atoms with E-state index in [1.54, 1.807) is 19.2 Å². The highest BCUT2D eigenvalue weighted by atomic mass is 19.1. The van der Waals surface area contributed by atoms with Crippen LogP contribution in [-0.2, 0) is 4.74 Å². The van der Waals surface area contributed by atoms with Crippen LogP contribution in [-0.4, -0.2) is 36.2 Å². The van der Waals surface area contributed by atoms with E-state index in [4.69, 9.17) is 15.2 Å². The predicted molar refractivity (Wildman–Crippen MR) is 77.6 cm³/mol. The summed E-state index contributed by atoms with van der Waals surface area (Å²) in [6.45, 7) is 0.772. The van der Waals surface area contributed by atoms with Gasteiger partial charge in [0, 0.05) is 25.1 Å². The molecule has 0 spiro atoms. The lowest BCUT2D eigenvalue weighted by molar-refractivity contribution is 0.100. The smallest absolute Gasteiger partial charge is 0.252 e. The van der Waals surface area contributed by atoms with E-state index in [1.807, 2.05) is 0 Å². The van der Waals surface area contributed by atoms with Crippen molar-refractivity contribution in [3.05, 3.63) is 42.0 Å². The van der Waals surface area contributed by atoms with Gasteiger partial charge in [0.1, 0.15) is 12.4 Å². The summed E-state index contributed by atoms with van der Waals surface area (Å²) in [5, 5.41) is 2.82. The van der Waals surface area contributed by atoms with Crippen LogP contribution < -0.4 is 15.8 Å². The number of hydrogen-bond donors (Lipinski definition) is 2. The highest BCUT2D eigenvalue weighted by molar-refractivity contribution is 5.98. The fraction of sp³-hybridized carbons (Fsp3) is 0.214. The van der Waals surface area contributed by atoms with Crippen molar-refractivity contribution in [3.63, 3.8) is 0 Å². The zero-order valence-electron chi connectivity index (χ0n) is 11.9. The highest BCUT2D eigenvalue weighted by Crippen LogP contribution is 2.21. The van der Waals surface area contributed by atoms with Crippen LogP contribution in [0.2, 0.25) is 0 Å². The van der Waals surface area contributed by atoms with Crippen LogP contribution in [0.3, 0.4) is 0 Å². The van der Waals surface area contributed by atoms with Crippen LogP contribution in [0.1, 0.15) is 10.4 Å². The lowest BCUT2D eigenvalue weighted by Crippen LogP contribution is -2.14. The minimum atomic E-state index is -0.724. The second-order valence-electron chi connectivity index (χ2n) is 4.24. The molecule has 2 aromatic rings. The monoisotopic (exact) mass is 306 g/mol. The Labute approximate surface area is 126 Å². The molecule has 116 valence electrons. The fourth-order valence-corrected chi connectivity index (χ4v) is 1.66. The Morgan fingerprint density at radius 1 is 1.36 bits per heavy atom. The maximum absolute atomic E-state index is 13.2. The van der Waals surface area contributed by atoms with E-state index < -0.39 is 11.9 Å². The fourth-order valence-electron chi connectivity index (χ4n) is 1.66. The normalized spacial score (nSPS) is 10.3. The first-order valence-electron chi connectivity index (χ1n) is 6.41. The lowest BCUT2D eigenvalue weighted by atomic mass is 10.2. The minimum Gasteiger partial charge on any atom is -0.475 e. The highest BCUT2D eigenvalue weighted by Gasteiger charge is 2.11. The van der Waals surface area contributed by atoms with Crippen LogP contribution >= 0.6 is 0 Å². The molecule has 22 heavy (non-hydrogen) atoms. The average molecular weight is 306 g/mol. The molecular formula is C14H15FN4O3. The number of hydrogen-bond acceptors (Lipinski definition) is 6. The number of amides is 1. The number of primary amides is 1. The van der Waals surface area contributed by atoms with Crippen molar-refractivity contribution in [1.82, 2.24) is 9.97 Å². The van der Waals surface area contributed by atoms with Crippen molar-refractivity contribution >= 4 is 17.4 Å². The van der Waals surface area contributed by atoms with Gasteiger partial charge in [-0.05, 0) is 18.2 Å². The van der Waals surface area contributed by atoms with Gasteiger partial charge in [0.2, 0.25) is 11.8 Å². The number of nitrogens with one attached hydrogen (secondary N) is 1. The summed E-state index contributed by atoms with van der Waals surface area (Å²) in [6.07, 6.45) is 1.51. The van der Waals surface area contributed by atoms with Gasteiger partial charge in [-0.2, -0.15) is 4.39 Å². The number of methoxy groups -OCH3 is 1. The molecule has 0 saturated heterocycles. The van der Waals surface area contributed by atoms with Gasteiger partial charge < -0.3 is 20.5 Å². The molecule has 2 rings (SSSR count). The van der Waals surface area contributed by atoms with Gasteiger partial charge >= 0.3 is 0 Å². The van der Waals surface area contributed by atoms with Gasteiger partial charge in [-0.25, -0.2) is 9.97 Å². The van der Waals surface area contributed by atoms with E-state index in [0.29, 0.717) is 24.8 Å². The SMILES string of the molecule is COCCOc1cc(Nc2nc(F)ccc2C(N)=O)ccn1. The molecule has 0 aromatic carbocycles. The quantitative estimate of drug-likeness (QED) is 0.594. The van der Waals surface area contributed by atoms with Gasteiger partial charge in [0.25, 0.3) is 5.91 Å². The summed E-state index contributed by atoms with van der Waals surface area (Å²) in [4.78, 5) is 19.0. The summed E-state index contributed by atoms with van der Waals surface area (Å²) in [5.41, 5.74) is 5.85. The third-order valence-electron chi connectivity index (χ3n) is 2.66. The van der Waals surface area contributed by atoms with E-state index >= 15 is 0 Å². The van der Waals surface area contributed by atoms with E-state index in [1.165, 1.54) is 12.3 Å². The van der Waals surface area contributed by atoms with E-state index in [9.17, 15) is 9.18 Å². The number of ether oxygens (including phenoxy) is 2. The molecule has 0 radical (unpaired) electrons. The van der Waals surface area contributed by atoms with Gasteiger partial charge in [-0.1, -0.05) is 0 Å².